The number of nitrogens with zero attached hydrogens (tertiary/aromatic N) is 4. The number of ether oxygens (including phenoxy) is 1. The third-order valence-electron chi connectivity index (χ3n) is 3.90. The van der Waals surface area contributed by atoms with E-state index in [9.17, 15) is 0 Å². The molecule has 0 amide bonds. The summed E-state index contributed by atoms with van der Waals surface area (Å²) in [7, 11) is 1.66. The molecule has 5 nitrogen and oxygen atoms in total. The van der Waals surface area contributed by atoms with E-state index in [-0.39, 0.29) is 0 Å². The maximum Gasteiger partial charge on any atom is 0.212 e. The second-order valence-corrected chi connectivity index (χ2v) is 7.44. The van der Waals surface area contributed by atoms with Crippen LogP contribution in [0.3, 0.4) is 0 Å². The zero-order valence-corrected chi connectivity index (χ0v) is 16.4. The Balaban J connectivity index is 1.65. The second kappa shape index (κ2) is 7.47. The van der Waals surface area contributed by atoms with E-state index in [0.29, 0.717) is 0 Å². The molecule has 0 aliphatic heterocycles. The van der Waals surface area contributed by atoms with Crippen LogP contribution < -0.4 is 4.74 Å². The van der Waals surface area contributed by atoms with E-state index in [1.165, 1.54) is 5.56 Å². The molecule has 2 heterocycles. The summed E-state index contributed by atoms with van der Waals surface area (Å²) in [6.45, 7) is 0. The summed E-state index contributed by atoms with van der Waals surface area (Å²) in [5.41, 5.74) is 3.70. The van der Waals surface area contributed by atoms with Crippen molar-refractivity contribution < 1.29 is 4.74 Å². The molecule has 2 aromatic heterocycles. The average Bonchev–Trinajstić information content (AvgIpc) is 3.10. The zero-order valence-electron chi connectivity index (χ0n) is 14.0. The molecule has 2 aromatic carbocycles. The highest BCUT2D eigenvalue weighted by Crippen LogP contribution is 2.29. The lowest BCUT2D eigenvalue weighted by atomic mass is 10.1. The Bertz CT molecular complexity index is 1050. The van der Waals surface area contributed by atoms with Crippen molar-refractivity contribution in [2.45, 2.75) is 10.9 Å². The number of rotatable bonds is 5. The van der Waals surface area contributed by atoms with Gasteiger partial charge < -0.3 is 4.74 Å². The smallest absolute Gasteiger partial charge is 0.212 e. The number of hydrogen-bond donors (Lipinski definition) is 0. The van der Waals surface area contributed by atoms with Crippen molar-refractivity contribution >= 4 is 33.3 Å². The molecular formula is C19H15BrN4OS. The fraction of sp³-hybridized carbons (Fsp3) is 0.105. The number of hydrogen-bond acceptors (Lipinski definition) is 5. The summed E-state index contributed by atoms with van der Waals surface area (Å²) >= 11 is 5.07. The van der Waals surface area contributed by atoms with Crippen LogP contribution in [0.1, 0.15) is 5.56 Å². The van der Waals surface area contributed by atoms with E-state index in [1.54, 1.807) is 23.4 Å². The van der Waals surface area contributed by atoms with Gasteiger partial charge in [0.05, 0.1) is 12.8 Å². The third-order valence-corrected chi connectivity index (χ3v) is 5.42. The Morgan fingerprint density at radius 3 is 2.62 bits per heavy atom. The Morgan fingerprint density at radius 2 is 1.81 bits per heavy atom. The number of fused-ring (bicyclic) bond motifs is 1. The monoisotopic (exact) mass is 426 g/mol. The van der Waals surface area contributed by atoms with Crippen molar-refractivity contribution in [1.29, 1.82) is 0 Å². The third kappa shape index (κ3) is 3.45. The van der Waals surface area contributed by atoms with Crippen LogP contribution in [0.4, 0.5) is 0 Å². The molecule has 4 rings (SSSR count). The summed E-state index contributed by atoms with van der Waals surface area (Å²) in [6.07, 6.45) is 0. The predicted octanol–water partition coefficient (Wildman–Crippen LogP) is 4.85. The van der Waals surface area contributed by atoms with Gasteiger partial charge in [0.2, 0.25) is 5.16 Å². The van der Waals surface area contributed by atoms with Crippen molar-refractivity contribution in [3.05, 3.63) is 70.7 Å². The molecule has 0 unspecified atom stereocenters. The number of thioether (sulfide) groups is 1. The van der Waals surface area contributed by atoms with Gasteiger partial charge in [0, 0.05) is 15.8 Å². The quantitative estimate of drug-likeness (QED) is 0.426. The summed E-state index contributed by atoms with van der Waals surface area (Å²) in [6, 6.07) is 19.9. The van der Waals surface area contributed by atoms with Crippen LogP contribution in [0.25, 0.3) is 16.9 Å². The molecule has 4 aromatic rings. The Kier molecular flexibility index (Phi) is 4.90. The normalized spacial score (nSPS) is 11.0. The zero-order chi connectivity index (χ0) is 17.9. The van der Waals surface area contributed by atoms with E-state index < -0.39 is 0 Å². The SMILES string of the molecule is COc1ccccc1-c1ccc2nnc(SCc3ccc(Br)cc3)n2n1. The van der Waals surface area contributed by atoms with E-state index in [1.807, 2.05) is 48.5 Å². The molecular weight excluding hydrogens is 412 g/mol. The van der Waals surface area contributed by atoms with E-state index in [4.69, 9.17) is 9.84 Å². The van der Waals surface area contributed by atoms with E-state index in [0.717, 1.165) is 38.0 Å². The van der Waals surface area contributed by atoms with E-state index >= 15 is 0 Å². The average molecular weight is 427 g/mol. The maximum absolute atomic E-state index is 5.45. The van der Waals surface area contributed by atoms with Gasteiger partial charge in [0.1, 0.15) is 5.75 Å². The van der Waals surface area contributed by atoms with Gasteiger partial charge in [-0.25, -0.2) is 0 Å². The fourth-order valence-electron chi connectivity index (χ4n) is 2.59. The van der Waals surface area contributed by atoms with Crippen LogP contribution in [-0.4, -0.2) is 26.9 Å². The van der Waals surface area contributed by atoms with Gasteiger partial charge in [-0.05, 0) is 42.0 Å². The summed E-state index contributed by atoms with van der Waals surface area (Å²) in [5.74, 6) is 1.59. The first-order chi connectivity index (χ1) is 12.7. The summed E-state index contributed by atoms with van der Waals surface area (Å²) in [4.78, 5) is 0. The molecule has 0 bridgehead atoms. The topological polar surface area (TPSA) is 52.3 Å². The minimum atomic E-state index is 0.724. The lowest BCUT2D eigenvalue weighted by Gasteiger charge is -2.08. The molecule has 0 saturated heterocycles. The van der Waals surface area contributed by atoms with Gasteiger partial charge in [-0.15, -0.1) is 10.2 Å². The molecule has 26 heavy (non-hydrogen) atoms. The van der Waals surface area contributed by atoms with Crippen LogP contribution in [0, 0.1) is 0 Å². The Hall–Kier alpha value is -2.38. The highest BCUT2D eigenvalue weighted by molar-refractivity contribution is 9.10. The van der Waals surface area contributed by atoms with Crippen LogP contribution in [0.2, 0.25) is 0 Å². The molecule has 7 heteroatoms. The number of para-hydroxylation sites is 1. The van der Waals surface area contributed by atoms with Crippen molar-refractivity contribution in [3.8, 4) is 17.0 Å². The van der Waals surface area contributed by atoms with Crippen LogP contribution in [0.15, 0.2) is 70.3 Å². The molecule has 0 fully saturated rings. The van der Waals surface area contributed by atoms with Crippen LogP contribution in [0.5, 0.6) is 5.75 Å². The highest BCUT2D eigenvalue weighted by Gasteiger charge is 2.12. The highest BCUT2D eigenvalue weighted by atomic mass is 79.9. The lowest BCUT2D eigenvalue weighted by Crippen LogP contribution is -1.98. The van der Waals surface area contributed by atoms with E-state index in [2.05, 4.69) is 38.3 Å². The van der Waals surface area contributed by atoms with Gasteiger partial charge in [-0.3, -0.25) is 0 Å². The molecule has 0 spiro atoms. The fourth-order valence-corrected chi connectivity index (χ4v) is 3.70. The van der Waals surface area contributed by atoms with Gasteiger partial charge in [0.25, 0.3) is 0 Å². The molecule has 0 radical (unpaired) electrons. The van der Waals surface area contributed by atoms with Crippen molar-refractivity contribution in [3.63, 3.8) is 0 Å². The van der Waals surface area contributed by atoms with Crippen molar-refractivity contribution in [2.75, 3.05) is 7.11 Å². The molecule has 0 N–H and O–H groups in total. The Labute approximate surface area is 163 Å². The predicted molar refractivity (Wildman–Crippen MR) is 106 cm³/mol. The molecule has 0 atom stereocenters. The van der Waals surface area contributed by atoms with Crippen molar-refractivity contribution in [1.82, 2.24) is 19.8 Å². The van der Waals surface area contributed by atoms with Gasteiger partial charge in [0.15, 0.2) is 5.65 Å². The molecule has 0 aliphatic rings. The number of benzene rings is 2. The molecule has 0 aliphatic carbocycles. The number of methoxy groups -OCH3 is 1. The van der Waals surface area contributed by atoms with Gasteiger partial charge in [-0.2, -0.15) is 9.61 Å². The van der Waals surface area contributed by atoms with Gasteiger partial charge >= 0.3 is 0 Å². The lowest BCUT2D eigenvalue weighted by molar-refractivity contribution is 0.416. The molecule has 0 saturated carbocycles. The second-order valence-electron chi connectivity index (χ2n) is 5.59. The standard InChI is InChI=1S/C19H15BrN4OS/c1-25-17-5-3-2-4-15(17)16-10-11-18-21-22-19(24(18)23-16)26-12-13-6-8-14(20)9-7-13/h2-11H,12H2,1H3. The first-order valence-electron chi connectivity index (χ1n) is 7.98. The summed E-state index contributed by atoms with van der Waals surface area (Å²) in [5, 5.41) is 14.0. The van der Waals surface area contributed by atoms with Crippen LogP contribution in [-0.2, 0) is 5.75 Å². The number of aromatic nitrogens is 4. The molecule has 130 valence electrons. The number of halogens is 1. The Morgan fingerprint density at radius 1 is 1.00 bits per heavy atom. The van der Waals surface area contributed by atoms with Crippen molar-refractivity contribution in [2.24, 2.45) is 0 Å². The maximum atomic E-state index is 5.45. The summed E-state index contributed by atoms with van der Waals surface area (Å²) < 4.78 is 8.30. The first kappa shape index (κ1) is 17.1. The van der Waals surface area contributed by atoms with Crippen LogP contribution >= 0.6 is 27.7 Å². The largest absolute Gasteiger partial charge is 0.496 e. The minimum absolute atomic E-state index is 0.724. The van der Waals surface area contributed by atoms with Gasteiger partial charge in [-0.1, -0.05) is 52.0 Å². The minimum Gasteiger partial charge on any atom is -0.496 e. The first-order valence-corrected chi connectivity index (χ1v) is 9.75.